The van der Waals surface area contributed by atoms with Crippen molar-refractivity contribution in [2.45, 2.75) is 19.8 Å². The third-order valence-corrected chi connectivity index (χ3v) is 3.45. The average molecular weight is 253 g/mol. The van der Waals surface area contributed by atoms with E-state index in [1.54, 1.807) is 17.0 Å². The molecular formula is C13H17F2N3. The Morgan fingerprint density at radius 2 is 2.00 bits per heavy atom. The summed E-state index contributed by atoms with van der Waals surface area (Å²) in [6.07, 6.45) is 1.61. The fraction of sp³-hybridized carbons (Fsp3) is 0.462. The Hall–Kier alpha value is -1.49. The van der Waals surface area contributed by atoms with E-state index in [0.717, 1.165) is 5.52 Å². The topological polar surface area (TPSA) is 43.8 Å². The smallest absolute Gasteiger partial charge is 0.279 e. The predicted molar refractivity (Wildman–Crippen MR) is 67.4 cm³/mol. The third-order valence-electron chi connectivity index (χ3n) is 3.45. The van der Waals surface area contributed by atoms with Crippen molar-refractivity contribution in [3.63, 3.8) is 0 Å². The van der Waals surface area contributed by atoms with Crippen molar-refractivity contribution in [2.24, 2.45) is 18.2 Å². The second kappa shape index (κ2) is 4.02. The highest BCUT2D eigenvalue weighted by Crippen LogP contribution is 2.44. The molecule has 2 N–H and O–H groups in total. The molecule has 1 heterocycles. The van der Waals surface area contributed by atoms with E-state index in [9.17, 15) is 8.78 Å². The van der Waals surface area contributed by atoms with Crippen molar-refractivity contribution in [1.82, 2.24) is 9.55 Å². The molecule has 0 saturated carbocycles. The highest BCUT2D eigenvalue weighted by Gasteiger charge is 2.47. The minimum atomic E-state index is -2.98. The molecular weight excluding hydrogens is 236 g/mol. The number of imidazole rings is 1. The third kappa shape index (κ3) is 1.79. The van der Waals surface area contributed by atoms with Gasteiger partial charge in [-0.25, -0.2) is 13.8 Å². The molecule has 2 aromatic rings. The number of aryl methyl sites for hydroxylation is 1. The lowest BCUT2D eigenvalue weighted by Crippen LogP contribution is -2.40. The van der Waals surface area contributed by atoms with E-state index in [4.69, 9.17) is 5.73 Å². The van der Waals surface area contributed by atoms with Crippen LogP contribution in [0.4, 0.5) is 8.78 Å². The van der Waals surface area contributed by atoms with Crippen LogP contribution in [-0.2, 0) is 13.0 Å². The van der Waals surface area contributed by atoms with Crippen LogP contribution in [-0.4, -0.2) is 16.1 Å². The molecule has 18 heavy (non-hydrogen) atoms. The second-order valence-electron chi connectivity index (χ2n) is 5.22. The van der Waals surface area contributed by atoms with Gasteiger partial charge in [0.2, 0.25) is 0 Å². The van der Waals surface area contributed by atoms with Gasteiger partial charge in [0, 0.05) is 24.6 Å². The summed E-state index contributed by atoms with van der Waals surface area (Å²) in [6.45, 7) is 2.85. The van der Waals surface area contributed by atoms with Gasteiger partial charge in [-0.05, 0) is 12.1 Å². The number of fused-ring (bicyclic) bond motifs is 1. The summed E-state index contributed by atoms with van der Waals surface area (Å²) in [5, 5.41) is 0. The Balaban J connectivity index is 2.54. The van der Waals surface area contributed by atoms with E-state index >= 15 is 0 Å². The Bertz CT molecular complexity index is 573. The van der Waals surface area contributed by atoms with Crippen LogP contribution in [0.15, 0.2) is 24.5 Å². The molecule has 0 spiro atoms. The average Bonchev–Trinajstić information content (AvgIpc) is 2.70. The van der Waals surface area contributed by atoms with Crippen molar-refractivity contribution in [3.05, 3.63) is 30.1 Å². The molecule has 0 aliphatic rings. The first-order valence-electron chi connectivity index (χ1n) is 5.79. The number of aromatic nitrogens is 2. The summed E-state index contributed by atoms with van der Waals surface area (Å²) in [5.74, 6) is -2.98. The minimum absolute atomic E-state index is 0.0378. The molecule has 1 aromatic heterocycles. The molecule has 0 amide bonds. The number of rotatable bonds is 3. The van der Waals surface area contributed by atoms with Crippen molar-refractivity contribution < 1.29 is 8.78 Å². The maximum absolute atomic E-state index is 14.4. The van der Waals surface area contributed by atoms with Crippen molar-refractivity contribution >= 4 is 11.0 Å². The molecule has 0 unspecified atom stereocenters. The van der Waals surface area contributed by atoms with Crippen molar-refractivity contribution in [1.29, 1.82) is 0 Å². The van der Waals surface area contributed by atoms with Crippen LogP contribution in [0.1, 0.15) is 19.4 Å². The first-order valence-corrected chi connectivity index (χ1v) is 5.79. The van der Waals surface area contributed by atoms with Gasteiger partial charge in [0.1, 0.15) is 0 Å². The van der Waals surface area contributed by atoms with Gasteiger partial charge < -0.3 is 10.3 Å². The van der Waals surface area contributed by atoms with Gasteiger partial charge in [0.15, 0.2) is 0 Å². The SMILES string of the molecule is Cn1cnc2cc(C(F)(F)C(C)(C)CN)ccc21. The van der Waals surface area contributed by atoms with Crippen LogP contribution in [0, 0.1) is 5.41 Å². The van der Waals surface area contributed by atoms with Crippen molar-refractivity contribution in [2.75, 3.05) is 6.54 Å². The van der Waals surface area contributed by atoms with Gasteiger partial charge in [-0.15, -0.1) is 0 Å². The lowest BCUT2D eigenvalue weighted by molar-refractivity contribution is -0.108. The molecule has 0 aliphatic heterocycles. The lowest BCUT2D eigenvalue weighted by Gasteiger charge is -2.33. The fourth-order valence-corrected chi connectivity index (χ4v) is 1.85. The molecule has 2 rings (SSSR count). The number of halogens is 2. The zero-order valence-electron chi connectivity index (χ0n) is 10.7. The summed E-state index contributed by atoms with van der Waals surface area (Å²) < 4.78 is 30.5. The first-order chi connectivity index (χ1) is 8.29. The van der Waals surface area contributed by atoms with E-state index in [-0.39, 0.29) is 12.1 Å². The number of hydrogen-bond donors (Lipinski definition) is 1. The molecule has 0 radical (unpaired) electrons. The van der Waals surface area contributed by atoms with Gasteiger partial charge in [-0.1, -0.05) is 19.9 Å². The van der Waals surface area contributed by atoms with Crippen LogP contribution in [0.25, 0.3) is 11.0 Å². The van der Waals surface area contributed by atoms with E-state index in [2.05, 4.69) is 4.98 Å². The lowest BCUT2D eigenvalue weighted by atomic mass is 9.81. The van der Waals surface area contributed by atoms with Crippen LogP contribution in [0.3, 0.4) is 0 Å². The van der Waals surface area contributed by atoms with Gasteiger partial charge in [-0.2, -0.15) is 0 Å². The summed E-state index contributed by atoms with van der Waals surface area (Å²) in [7, 11) is 1.83. The highest BCUT2D eigenvalue weighted by molar-refractivity contribution is 5.76. The van der Waals surface area contributed by atoms with Crippen molar-refractivity contribution in [3.8, 4) is 0 Å². The van der Waals surface area contributed by atoms with Gasteiger partial charge in [0.05, 0.1) is 17.4 Å². The monoisotopic (exact) mass is 253 g/mol. The van der Waals surface area contributed by atoms with E-state index < -0.39 is 11.3 Å². The summed E-state index contributed by atoms with van der Waals surface area (Å²) in [6, 6.07) is 4.55. The molecule has 0 bridgehead atoms. The first kappa shape index (κ1) is 13.0. The summed E-state index contributed by atoms with van der Waals surface area (Å²) in [5.41, 5.74) is 5.53. The summed E-state index contributed by atoms with van der Waals surface area (Å²) in [4.78, 5) is 4.10. The van der Waals surface area contributed by atoms with E-state index in [1.165, 1.54) is 26.0 Å². The second-order valence-corrected chi connectivity index (χ2v) is 5.22. The quantitative estimate of drug-likeness (QED) is 0.913. The van der Waals surface area contributed by atoms with Crippen LogP contribution >= 0.6 is 0 Å². The Morgan fingerprint density at radius 3 is 2.61 bits per heavy atom. The van der Waals surface area contributed by atoms with Crippen LogP contribution < -0.4 is 5.73 Å². The molecule has 98 valence electrons. The number of nitrogens with zero attached hydrogens (tertiary/aromatic N) is 2. The van der Waals surface area contributed by atoms with Gasteiger partial charge in [0.25, 0.3) is 5.92 Å². The maximum atomic E-state index is 14.4. The Morgan fingerprint density at radius 1 is 1.33 bits per heavy atom. The molecule has 0 fully saturated rings. The zero-order chi connectivity index (χ0) is 13.6. The molecule has 3 nitrogen and oxygen atoms in total. The van der Waals surface area contributed by atoms with E-state index in [1.807, 2.05) is 7.05 Å². The van der Waals surface area contributed by atoms with Gasteiger partial charge >= 0.3 is 0 Å². The minimum Gasteiger partial charge on any atom is -0.334 e. The number of hydrogen-bond acceptors (Lipinski definition) is 2. The largest absolute Gasteiger partial charge is 0.334 e. The highest BCUT2D eigenvalue weighted by atomic mass is 19.3. The molecule has 0 aliphatic carbocycles. The summed E-state index contributed by atoms with van der Waals surface area (Å²) >= 11 is 0. The molecule has 0 atom stereocenters. The molecule has 1 aromatic carbocycles. The Kier molecular flexibility index (Phi) is 2.89. The number of nitrogens with two attached hydrogens (primary N) is 1. The van der Waals surface area contributed by atoms with Crippen LogP contribution in [0.2, 0.25) is 0 Å². The Labute approximate surface area is 105 Å². The maximum Gasteiger partial charge on any atom is 0.279 e. The fourth-order valence-electron chi connectivity index (χ4n) is 1.85. The zero-order valence-corrected chi connectivity index (χ0v) is 10.7. The standard InChI is InChI=1S/C13H17F2N3/c1-12(2,7-16)13(14,15)9-4-5-11-10(6-9)17-8-18(11)3/h4-6,8H,7,16H2,1-3H3. The van der Waals surface area contributed by atoms with Crippen LogP contribution in [0.5, 0.6) is 0 Å². The normalized spacial score (nSPS) is 13.2. The van der Waals surface area contributed by atoms with E-state index in [0.29, 0.717) is 5.52 Å². The number of benzene rings is 1. The predicted octanol–water partition coefficient (Wildman–Crippen LogP) is 2.65. The molecule has 5 heteroatoms. The van der Waals surface area contributed by atoms with Gasteiger partial charge in [-0.3, -0.25) is 0 Å². The molecule has 0 saturated heterocycles. The number of alkyl halides is 2.